The molecule has 0 radical (unpaired) electrons. The summed E-state index contributed by atoms with van der Waals surface area (Å²) in [7, 11) is 0. The maximum absolute atomic E-state index is 12.1. The molecule has 2 N–H and O–H groups in total. The minimum absolute atomic E-state index is 0.0532. The summed E-state index contributed by atoms with van der Waals surface area (Å²) in [6.07, 6.45) is 0.860. The molecule has 0 fully saturated rings. The number of benzene rings is 1. The van der Waals surface area contributed by atoms with E-state index in [0.717, 1.165) is 11.8 Å². The molecule has 1 amide bonds. The fourth-order valence-corrected chi connectivity index (χ4v) is 1.78. The maximum atomic E-state index is 12.1. The van der Waals surface area contributed by atoms with Crippen molar-refractivity contribution in [1.29, 1.82) is 0 Å². The maximum Gasteiger partial charge on any atom is 0.257 e. The summed E-state index contributed by atoms with van der Waals surface area (Å²) in [6.45, 7) is 3.12. The molecule has 1 aromatic rings. The van der Waals surface area contributed by atoms with Crippen LogP contribution in [-0.4, -0.2) is 39.4 Å². The van der Waals surface area contributed by atoms with Gasteiger partial charge in [0.25, 0.3) is 5.91 Å². The first-order valence-electron chi connectivity index (χ1n) is 5.47. The van der Waals surface area contributed by atoms with E-state index < -0.39 is 0 Å². The minimum Gasteiger partial charge on any atom is -0.508 e. The summed E-state index contributed by atoms with van der Waals surface area (Å²) >= 11 is 3.32. The molecule has 17 heavy (non-hydrogen) atoms. The van der Waals surface area contributed by atoms with Gasteiger partial charge in [-0.25, -0.2) is 0 Å². The summed E-state index contributed by atoms with van der Waals surface area (Å²) in [5, 5.41) is 19.6. The van der Waals surface area contributed by atoms with Crippen LogP contribution >= 0.6 is 15.9 Å². The zero-order valence-corrected chi connectivity index (χ0v) is 11.3. The van der Waals surface area contributed by atoms with Crippen LogP contribution in [0.5, 0.6) is 11.5 Å². The number of phenols is 2. The van der Waals surface area contributed by atoms with Crippen LogP contribution in [-0.2, 0) is 0 Å². The van der Waals surface area contributed by atoms with E-state index in [2.05, 4.69) is 15.9 Å². The van der Waals surface area contributed by atoms with Gasteiger partial charge < -0.3 is 15.1 Å². The van der Waals surface area contributed by atoms with Crippen LogP contribution < -0.4 is 0 Å². The molecule has 0 saturated carbocycles. The molecular formula is C12H16BrNO3. The second kappa shape index (κ2) is 6.49. The van der Waals surface area contributed by atoms with Crippen molar-refractivity contribution in [3.63, 3.8) is 0 Å². The predicted molar refractivity (Wildman–Crippen MR) is 69.8 cm³/mol. The van der Waals surface area contributed by atoms with Gasteiger partial charge in [-0.05, 0) is 25.5 Å². The summed E-state index contributed by atoms with van der Waals surface area (Å²) in [6, 6.07) is 4.00. The van der Waals surface area contributed by atoms with Crippen molar-refractivity contribution in [2.75, 3.05) is 18.4 Å². The van der Waals surface area contributed by atoms with E-state index in [1.54, 1.807) is 4.90 Å². The van der Waals surface area contributed by atoms with Gasteiger partial charge in [0, 0.05) is 24.5 Å². The SMILES string of the molecule is CCN(CCCBr)C(=O)c1ccc(O)cc1O. The van der Waals surface area contributed by atoms with Crippen molar-refractivity contribution < 1.29 is 15.0 Å². The van der Waals surface area contributed by atoms with Crippen molar-refractivity contribution in [3.05, 3.63) is 23.8 Å². The summed E-state index contributed by atoms with van der Waals surface area (Å²) in [5.41, 5.74) is 0.222. The molecule has 0 heterocycles. The fraction of sp³-hybridized carbons (Fsp3) is 0.417. The number of carbonyl (C=O) groups is 1. The number of rotatable bonds is 5. The molecule has 4 nitrogen and oxygen atoms in total. The lowest BCUT2D eigenvalue weighted by Crippen LogP contribution is -2.32. The third-order valence-electron chi connectivity index (χ3n) is 2.44. The molecular weight excluding hydrogens is 286 g/mol. The second-order valence-corrected chi connectivity index (χ2v) is 4.42. The highest BCUT2D eigenvalue weighted by Crippen LogP contribution is 2.23. The van der Waals surface area contributed by atoms with Gasteiger partial charge in [0.1, 0.15) is 11.5 Å². The second-order valence-electron chi connectivity index (χ2n) is 3.63. The molecule has 0 bridgehead atoms. The van der Waals surface area contributed by atoms with Crippen LogP contribution in [0, 0.1) is 0 Å². The molecule has 1 rings (SSSR count). The van der Waals surface area contributed by atoms with Crippen molar-refractivity contribution >= 4 is 21.8 Å². The number of aromatic hydroxyl groups is 2. The largest absolute Gasteiger partial charge is 0.508 e. The van der Waals surface area contributed by atoms with E-state index in [0.29, 0.717) is 13.1 Å². The Morgan fingerprint density at radius 2 is 2.12 bits per heavy atom. The number of phenolic OH excluding ortho intramolecular Hbond substituents is 2. The van der Waals surface area contributed by atoms with Crippen molar-refractivity contribution in [2.24, 2.45) is 0 Å². The van der Waals surface area contributed by atoms with E-state index in [4.69, 9.17) is 5.11 Å². The van der Waals surface area contributed by atoms with Crippen molar-refractivity contribution in [1.82, 2.24) is 4.90 Å². The number of hydrogen-bond acceptors (Lipinski definition) is 3. The molecule has 0 aliphatic heterocycles. The molecule has 0 saturated heterocycles. The number of carbonyl (C=O) groups excluding carboxylic acids is 1. The molecule has 0 spiro atoms. The number of hydrogen-bond donors (Lipinski definition) is 2. The molecule has 5 heteroatoms. The average molecular weight is 302 g/mol. The third kappa shape index (κ3) is 3.63. The van der Waals surface area contributed by atoms with E-state index in [-0.39, 0.29) is 23.0 Å². The average Bonchev–Trinajstić information content (AvgIpc) is 2.29. The Hall–Kier alpha value is -1.23. The molecule has 0 aromatic heterocycles. The Labute approximate surface area is 109 Å². The van der Waals surface area contributed by atoms with Gasteiger partial charge in [0.05, 0.1) is 5.56 Å². The van der Waals surface area contributed by atoms with Gasteiger partial charge >= 0.3 is 0 Å². The molecule has 0 unspecified atom stereocenters. The Bertz CT molecular complexity index is 395. The molecule has 0 atom stereocenters. The van der Waals surface area contributed by atoms with E-state index in [9.17, 15) is 9.90 Å². The zero-order valence-electron chi connectivity index (χ0n) is 9.69. The molecule has 1 aromatic carbocycles. The lowest BCUT2D eigenvalue weighted by molar-refractivity contribution is 0.0762. The van der Waals surface area contributed by atoms with Crippen LogP contribution in [0.3, 0.4) is 0 Å². The minimum atomic E-state index is -0.217. The van der Waals surface area contributed by atoms with E-state index >= 15 is 0 Å². The van der Waals surface area contributed by atoms with Crippen LogP contribution in [0.25, 0.3) is 0 Å². The van der Waals surface area contributed by atoms with Crippen LogP contribution in [0.4, 0.5) is 0 Å². The van der Waals surface area contributed by atoms with Crippen molar-refractivity contribution in [2.45, 2.75) is 13.3 Å². The van der Waals surface area contributed by atoms with E-state index in [1.807, 2.05) is 6.92 Å². The highest BCUT2D eigenvalue weighted by molar-refractivity contribution is 9.09. The Balaban J connectivity index is 2.86. The predicted octanol–water partition coefficient (Wildman–Crippen LogP) is 2.34. The smallest absolute Gasteiger partial charge is 0.257 e. The Morgan fingerprint density at radius 1 is 1.41 bits per heavy atom. The summed E-state index contributed by atoms with van der Waals surface area (Å²) < 4.78 is 0. The van der Waals surface area contributed by atoms with Gasteiger partial charge in [0.2, 0.25) is 0 Å². The monoisotopic (exact) mass is 301 g/mol. The van der Waals surface area contributed by atoms with E-state index in [1.165, 1.54) is 18.2 Å². The molecule has 0 aliphatic rings. The number of nitrogens with zero attached hydrogens (tertiary/aromatic N) is 1. The molecule has 0 aliphatic carbocycles. The van der Waals surface area contributed by atoms with Crippen LogP contribution in [0.2, 0.25) is 0 Å². The van der Waals surface area contributed by atoms with Crippen LogP contribution in [0.15, 0.2) is 18.2 Å². The first-order chi connectivity index (χ1) is 8.10. The quantitative estimate of drug-likeness (QED) is 0.821. The summed E-state index contributed by atoms with van der Waals surface area (Å²) in [5.74, 6) is -0.458. The topological polar surface area (TPSA) is 60.8 Å². The molecule has 94 valence electrons. The number of amides is 1. The number of alkyl halides is 1. The van der Waals surface area contributed by atoms with Crippen LogP contribution in [0.1, 0.15) is 23.7 Å². The normalized spacial score (nSPS) is 10.2. The third-order valence-corrected chi connectivity index (χ3v) is 3.00. The first-order valence-corrected chi connectivity index (χ1v) is 6.59. The lowest BCUT2D eigenvalue weighted by atomic mass is 10.1. The van der Waals surface area contributed by atoms with Crippen molar-refractivity contribution in [3.8, 4) is 11.5 Å². The van der Waals surface area contributed by atoms with Gasteiger partial charge in [-0.3, -0.25) is 4.79 Å². The van der Waals surface area contributed by atoms with Gasteiger partial charge in [-0.1, -0.05) is 15.9 Å². The standard InChI is InChI=1S/C12H16BrNO3/c1-2-14(7-3-6-13)12(17)10-5-4-9(15)8-11(10)16/h4-5,8,15-16H,2-3,6-7H2,1H3. The zero-order chi connectivity index (χ0) is 12.8. The highest BCUT2D eigenvalue weighted by Gasteiger charge is 2.17. The lowest BCUT2D eigenvalue weighted by Gasteiger charge is -2.20. The Morgan fingerprint density at radius 3 is 2.65 bits per heavy atom. The Kier molecular flexibility index (Phi) is 5.28. The van der Waals surface area contributed by atoms with Gasteiger partial charge in [-0.15, -0.1) is 0 Å². The first kappa shape index (κ1) is 13.8. The fourth-order valence-electron chi connectivity index (χ4n) is 1.53. The van der Waals surface area contributed by atoms with Gasteiger partial charge in [-0.2, -0.15) is 0 Å². The van der Waals surface area contributed by atoms with Gasteiger partial charge in [0.15, 0.2) is 0 Å². The number of halogens is 1. The summed E-state index contributed by atoms with van der Waals surface area (Å²) in [4.78, 5) is 13.7. The highest BCUT2D eigenvalue weighted by atomic mass is 79.9.